The first-order valence-corrected chi connectivity index (χ1v) is 11.9. The molecule has 7 heteroatoms. The molecule has 2 heterocycles. The number of benzene rings is 2. The number of likely N-dealkylation sites (tertiary alicyclic amines) is 1. The Labute approximate surface area is 206 Å². The number of ether oxygens (including phenoxy) is 1. The summed E-state index contributed by atoms with van der Waals surface area (Å²) in [5.74, 6) is 6.01. The highest BCUT2D eigenvalue weighted by molar-refractivity contribution is 9.10. The van der Waals surface area contributed by atoms with E-state index in [1.165, 1.54) is 6.07 Å². The van der Waals surface area contributed by atoms with E-state index in [1.54, 1.807) is 18.3 Å². The van der Waals surface area contributed by atoms with Gasteiger partial charge in [-0.1, -0.05) is 29.7 Å². The van der Waals surface area contributed by atoms with Gasteiger partial charge in [-0.3, -0.25) is 4.90 Å². The number of nitrogens with zero attached hydrogens (tertiary/aromatic N) is 2. The van der Waals surface area contributed by atoms with Gasteiger partial charge in [0.05, 0.1) is 11.1 Å². The van der Waals surface area contributed by atoms with Gasteiger partial charge in [0.1, 0.15) is 18.1 Å². The van der Waals surface area contributed by atoms with Crippen molar-refractivity contribution in [2.45, 2.75) is 18.9 Å². The summed E-state index contributed by atoms with van der Waals surface area (Å²) in [7, 11) is 0. The predicted molar refractivity (Wildman–Crippen MR) is 132 cm³/mol. The second kappa shape index (κ2) is 11.1. The second-order valence-corrected chi connectivity index (χ2v) is 9.11. The van der Waals surface area contributed by atoms with E-state index < -0.39 is 5.82 Å². The standard InChI is InChI=1S/C26H23BrClFN2O2/c27-23-14-18(4-10-26(23)33-13-12-31-11-1-2-22(31)17-32)3-9-25-24(29)15-20(16-30-25)19-5-7-21(28)8-6-19/h4-8,10,14-16,22,32H,1-2,11-13,17H2. The van der Waals surface area contributed by atoms with Gasteiger partial charge in [0.15, 0.2) is 5.82 Å². The topological polar surface area (TPSA) is 45.6 Å². The third-order valence-electron chi connectivity index (χ3n) is 5.62. The summed E-state index contributed by atoms with van der Waals surface area (Å²) in [6, 6.07) is 14.3. The monoisotopic (exact) mass is 528 g/mol. The van der Waals surface area contributed by atoms with E-state index >= 15 is 0 Å². The fourth-order valence-corrected chi connectivity index (χ4v) is 4.45. The molecule has 0 amide bonds. The van der Waals surface area contributed by atoms with Crippen molar-refractivity contribution in [3.63, 3.8) is 0 Å². The van der Waals surface area contributed by atoms with Gasteiger partial charge in [-0.2, -0.15) is 0 Å². The Bertz CT molecular complexity index is 1180. The number of hydrogen-bond donors (Lipinski definition) is 1. The Morgan fingerprint density at radius 1 is 1.15 bits per heavy atom. The van der Waals surface area contributed by atoms with Gasteiger partial charge in [-0.25, -0.2) is 9.37 Å². The molecule has 1 saturated heterocycles. The molecule has 1 atom stereocenters. The molecule has 0 spiro atoms. The lowest BCUT2D eigenvalue weighted by molar-refractivity contribution is 0.139. The van der Waals surface area contributed by atoms with E-state index in [0.717, 1.165) is 47.3 Å². The summed E-state index contributed by atoms with van der Waals surface area (Å²) in [6.45, 7) is 2.50. The van der Waals surface area contributed by atoms with Crippen molar-refractivity contribution < 1.29 is 14.2 Å². The van der Waals surface area contributed by atoms with E-state index in [0.29, 0.717) is 17.2 Å². The smallest absolute Gasteiger partial charge is 0.158 e. The van der Waals surface area contributed by atoms with Gasteiger partial charge in [0.25, 0.3) is 0 Å². The van der Waals surface area contributed by atoms with Gasteiger partial charge in [0.2, 0.25) is 0 Å². The van der Waals surface area contributed by atoms with Gasteiger partial charge in [-0.05, 0) is 83.2 Å². The molecule has 1 aliphatic rings. The maximum atomic E-state index is 14.5. The molecule has 1 fully saturated rings. The van der Waals surface area contributed by atoms with E-state index in [2.05, 4.69) is 37.7 Å². The number of halogens is 3. The fourth-order valence-electron chi connectivity index (χ4n) is 3.83. The van der Waals surface area contributed by atoms with Crippen LogP contribution in [0.4, 0.5) is 4.39 Å². The zero-order valence-corrected chi connectivity index (χ0v) is 20.2. The van der Waals surface area contributed by atoms with Crippen LogP contribution in [0.1, 0.15) is 24.1 Å². The largest absolute Gasteiger partial charge is 0.491 e. The predicted octanol–water partition coefficient (Wildman–Crippen LogP) is 5.54. The minimum absolute atomic E-state index is 0.0909. The lowest BCUT2D eigenvalue weighted by Gasteiger charge is -2.22. The lowest BCUT2D eigenvalue weighted by Crippen LogP contribution is -2.35. The zero-order valence-electron chi connectivity index (χ0n) is 17.9. The summed E-state index contributed by atoms with van der Waals surface area (Å²) in [5, 5.41) is 10.0. The summed E-state index contributed by atoms with van der Waals surface area (Å²) in [4.78, 5) is 6.44. The van der Waals surface area contributed by atoms with Crippen molar-refractivity contribution in [1.29, 1.82) is 0 Å². The van der Waals surface area contributed by atoms with Crippen molar-refractivity contribution in [2.75, 3.05) is 26.3 Å². The van der Waals surface area contributed by atoms with E-state index in [1.807, 2.05) is 30.3 Å². The number of aliphatic hydroxyl groups is 1. The Morgan fingerprint density at radius 2 is 1.97 bits per heavy atom. The van der Waals surface area contributed by atoms with Crippen LogP contribution in [0.2, 0.25) is 5.02 Å². The molecule has 170 valence electrons. The summed E-state index contributed by atoms with van der Waals surface area (Å²) >= 11 is 9.43. The first kappa shape index (κ1) is 23.7. The van der Waals surface area contributed by atoms with E-state index in [4.69, 9.17) is 16.3 Å². The van der Waals surface area contributed by atoms with Crippen LogP contribution in [0.5, 0.6) is 5.75 Å². The third-order valence-corrected chi connectivity index (χ3v) is 6.49. The molecule has 1 aromatic heterocycles. The summed E-state index contributed by atoms with van der Waals surface area (Å²) in [5.41, 5.74) is 2.31. The van der Waals surface area contributed by atoms with E-state index in [-0.39, 0.29) is 18.3 Å². The van der Waals surface area contributed by atoms with E-state index in [9.17, 15) is 9.50 Å². The van der Waals surface area contributed by atoms with Crippen LogP contribution in [-0.2, 0) is 0 Å². The molecule has 2 aromatic carbocycles. The fraction of sp³-hybridized carbons (Fsp3) is 0.269. The number of aliphatic hydroxyl groups excluding tert-OH is 1. The van der Waals surface area contributed by atoms with Crippen LogP contribution in [-0.4, -0.2) is 47.3 Å². The lowest BCUT2D eigenvalue weighted by atomic mass is 10.1. The number of pyridine rings is 1. The zero-order chi connectivity index (χ0) is 23.2. The molecule has 3 aromatic rings. The highest BCUT2D eigenvalue weighted by Gasteiger charge is 2.23. The molecule has 0 bridgehead atoms. The Morgan fingerprint density at radius 3 is 2.70 bits per heavy atom. The van der Waals surface area contributed by atoms with Crippen molar-refractivity contribution in [3.8, 4) is 28.7 Å². The van der Waals surface area contributed by atoms with Crippen LogP contribution in [0.25, 0.3) is 11.1 Å². The molecule has 0 radical (unpaired) electrons. The third kappa shape index (κ3) is 6.13. The number of hydrogen-bond acceptors (Lipinski definition) is 4. The molecular weight excluding hydrogens is 507 g/mol. The molecule has 33 heavy (non-hydrogen) atoms. The average Bonchev–Trinajstić information content (AvgIpc) is 3.27. The second-order valence-electron chi connectivity index (χ2n) is 7.82. The van der Waals surface area contributed by atoms with Crippen molar-refractivity contribution >= 4 is 27.5 Å². The normalized spacial score (nSPS) is 15.8. The van der Waals surface area contributed by atoms with Crippen LogP contribution in [0, 0.1) is 17.7 Å². The molecular formula is C26H23BrClFN2O2. The van der Waals surface area contributed by atoms with Crippen LogP contribution in [0.3, 0.4) is 0 Å². The molecule has 4 nitrogen and oxygen atoms in total. The Balaban J connectivity index is 1.39. The molecule has 1 aliphatic heterocycles. The minimum atomic E-state index is -0.475. The molecule has 0 saturated carbocycles. The SMILES string of the molecule is OCC1CCCN1CCOc1ccc(C#Cc2ncc(-c3ccc(Cl)cc3)cc2F)cc1Br. The van der Waals surface area contributed by atoms with Gasteiger partial charge in [-0.15, -0.1) is 0 Å². The van der Waals surface area contributed by atoms with Gasteiger partial charge in [0, 0.05) is 34.9 Å². The average molecular weight is 530 g/mol. The molecule has 1 unspecified atom stereocenters. The van der Waals surface area contributed by atoms with Gasteiger partial charge < -0.3 is 9.84 Å². The van der Waals surface area contributed by atoms with Crippen molar-refractivity contribution in [3.05, 3.63) is 81.3 Å². The first-order valence-electron chi connectivity index (χ1n) is 10.7. The Kier molecular flexibility index (Phi) is 8.00. The molecule has 4 rings (SSSR count). The van der Waals surface area contributed by atoms with Crippen LogP contribution < -0.4 is 4.74 Å². The maximum absolute atomic E-state index is 14.5. The summed E-state index contributed by atoms with van der Waals surface area (Å²) in [6.07, 6.45) is 3.75. The summed E-state index contributed by atoms with van der Waals surface area (Å²) < 4.78 is 21.2. The van der Waals surface area contributed by atoms with Crippen LogP contribution in [0.15, 0.2) is 59.2 Å². The van der Waals surface area contributed by atoms with Crippen molar-refractivity contribution in [2.24, 2.45) is 0 Å². The maximum Gasteiger partial charge on any atom is 0.158 e. The van der Waals surface area contributed by atoms with Gasteiger partial charge >= 0.3 is 0 Å². The minimum Gasteiger partial charge on any atom is -0.491 e. The number of rotatable bonds is 6. The highest BCUT2D eigenvalue weighted by Crippen LogP contribution is 2.26. The quantitative estimate of drug-likeness (QED) is 0.426. The first-order chi connectivity index (χ1) is 16.0. The van der Waals surface area contributed by atoms with Crippen molar-refractivity contribution in [1.82, 2.24) is 9.88 Å². The molecule has 1 N–H and O–H groups in total. The van der Waals surface area contributed by atoms with Crippen LogP contribution >= 0.6 is 27.5 Å². The highest BCUT2D eigenvalue weighted by atomic mass is 79.9. The molecule has 0 aliphatic carbocycles. The number of aromatic nitrogens is 1. The Hall–Kier alpha value is -2.43.